The molecule has 0 bridgehead atoms. The molecule has 2 aliphatic rings. The van der Waals surface area contributed by atoms with E-state index in [0.717, 1.165) is 34.0 Å². The third-order valence-electron chi connectivity index (χ3n) is 6.56. The molecule has 2 aromatic rings. The number of hydrogen-bond acceptors (Lipinski definition) is 6. The quantitative estimate of drug-likeness (QED) is 0.691. The van der Waals surface area contributed by atoms with Crippen molar-refractivity contribution >= 4 is 17.4 Å². The van der Waals surface area contributed by atoms with E-state index in [9.17, 15) is 9.59 Å². The van der Waals surface area contributed by atoms with Gasteiger partial charge < -0.3 is 19.7 Å². The number of anilines is 1. The van der Waals surface area contributed by atoms with Crippen LogP contribution in [0, 0.1) is 0 Å². The largest absolute Gasteiger partial charge is 0.497 e. The van der Waals surface area contributed by atoms with Gasteiger partial charge in [0.2, 0.25) is 0 Å². The highest BCUT2D eigenvalue weighted by Gasteiger charge is 2.41. The monoisotopic (exact) mass is 446 g/mol. The van der Waals surface area contributed by atoms with E-state index >= 15 is 0 Å². The summed E-state index contributed by atoms with van der Waals surface area (Å²) in [6, 6.07) is 15.9. The van der Waals surface area contributed by atoms with Crippen molar-refractivity contribution in [3.8, 4) is 5.75 Å². The molecule has 2 atom stereocenters. The summed E-state index contributed by atoms with van der Waals surface area (Å²) in [5.74, 6) is 0.0471. The van der Waals surface area contributed by atoms with Crippen LogP contribution in [0.15, 0.2) is 71.1 Å². The number of allylic oxidation sites excluding steroid dienone is 3. The topological polar surface area (TPSA) is 67.9 Å². The SMILES string of the molecule is COC(=O)C1=C(C)NC2=C(C(=O)C[C@@H](c3ccc(OC)cc3)C2)[C@@H]1c1ccc(N(C)C)cc1. The summed E-state index contributed by atoms with van der Waals surface area (Å²) in [4.78, 5) is 28.4. The Morgan fingerprint density at radius 2 is 1.61 bits per heavy atom. The second-order valence-corrected chi connectivity index (χ2v) is 8.77. The number of hydrogen-bond donors (Lipinski definition) is 1. The van der Waals surface area contributed by atoms with Crippen LogP contribution in [-0.2, 0) is 14.3 Å². The maximum atomic E-state index is 13.6. The molecule has 0 spiro atoms. The summed E-state index contributed by atoms with van der Waals surface area (Å²) in [6.07, 6.45) is 1.10. The molecule has 1 heterocycles. The molecule has 1 aliphatic heterocycles. The molecule has 0 unspecified atom stereocenters. The number of Topliss-reactive ketones (excluding diaryl/α,β-unsaturated/α-hetero) is 1. The second kappa shape index (κ2) is 9.14. The van der Waals surface area contributed by atoms with Crippen LogP contribution in [0.5, 0.6) is 5.75 Å². The third kappa shape index (κ3) is 4.25. The van der Waals surface area contributed by atoms with Gasteiger partial charge in [0.15, 0.2) is 5.78 Å². The van der Waals surface area contributed by atoms with Crippen LogP contribution in [-0.4, -0.2) is 40.1 Å². The van der Waals surface area contributed by atoms with Crippen LogP contribution in [0.25, 0.3) is 0 Å². The zero-order valence-electron chi connectivity index (χ0n) is 19.8. The van der Waals surface area contributed by atoms with Crippen molar-refractivity contribution < 1.29 is 19.1 Å². The number of methoxy groups -OCH3 is 2. The minimum atomic E-state index is -0.450. The number of carbonyl (C=O) groups excluding carboxylic acids is 2. The highest BCUT2D eigenvalue weighted by molar-refractivity contribution is 6.04. The van der Waals surface area contributed by atoms with Gasteiger partial charge in [0, 0.05) is 49.1 Å². The fourth-order valence-electron chi connectivity index (χ4n) is 4.83. The fourth-order valence-corrected chi connectivity index (χ4v) is 4.83. The Balaban J connectivity index is 1.76. The number of esters is 1. The van der Waals surface area contributed by atoms with E-state index in [2.05, 4.69) is 5.32 Å². The van der Waals surface area contributed by atoms with Crippen molar-refractivity contribution in [1.29, 1.82) is 0 Å². The Kier molecular flexibility index (Phi) is 6.27. The lowest BCUT2D eigenvalue weighted by molar-refractivity contribution is -0.136. The Morgan fingerprint density at radius 1 is 0.970 bits per heavy atom. The van der Waals surface area contributed by atoms with Crippen LogP contribution in [0.4, 0.5) is 5.69 Å². The number of benzene rings is 2. The summed E-state index contributed by atoms with van der Waals surface area (Å²) in [5, 5.41) is 3.37. The van der Waals surface area contributed by atoms with Gasteiger partial charge in [-0.2, -0.15) is 0 Å². The smallest absolute Gasteiger partial charge is 0.336 e. The van der Waals surface area contributed by atoms with E-state index in [4.69, 9.17) is 9.47 Å². The molecule has 6 nitrogen and oxygen atoms in total. The van der Waals surface area contributed by atoms with E-state index < -0.39 is 11.9 Å². The van der Waals surface area contributed by atoms with Gasteiger partial charge >= 0.3 is 5.97 Å². The molecular formula is C27H30N2O4. The number of nitrogens with zero attached hydrogens (tertiary/aromatic N) is 1. The molecule has 33 heavy (non-hydrogen) atoms. The van der Waals surface area contributed by atoms with Crippen molar-refractivity contribution in [2.45, 2.75) is 31.6 Å². The van der Waals surface area contributed by atoms with Gasteiger partial charge in [-0.3, -0.25) is 4.79 Å². The molecule has 0 amide bonds. The lowest BCUT2D eigenvalue weighted by Crippen LogP contribution is -2.36. The van der Waals surface area contributed by atoms with Crippen LogP contribution in [0.2, 0.25) is 0 Å². The normalized spacial score (nSPS) is 20.2. The van der Waals surface area contributed by atoms with Gasteiger partial charge in [-0.25, -0.2) is 4.79 Å². The summed E-state index contributed by atoms with van der Waals surface area (Å²) in [5.41, 5.74) is 5.84. The molecule has 6 heteroatoms. The summed E-state index contributed by atoms with van der Waals surface area (Å²) in [7, 11) is 6.98. The van der Waals surface area contributed by atoms with E-state index in [1.54, 1.807) is 7.11 Å². The first kappa shape index (κ1) is 22.6. The molecule has 2 aromatic carbocycles. The number of dihydropyridines is 1. The van der Waals surface area contributed by atoms with Crippen LogP contribution < -0.4 is 15.0 Å². The highest BCUT2D eigenvalue weighted by Crippen LogP contribution is 2.46. The van der Waals surface area contributed by atoms with Crippen molar-refractivity contribution in [1.82, 2.24) is 5.32 Å². The average Bonchev–Trinajstić information content (AvgIpc) is 2.82. The van der Waals surface area contributed by atoms with Gasteiger partial charge in [0.05, 0.1) is 19.8 Å². The molecule has 1 N–H and O–H groups in total. The van der Waals surface area contributed by atoms with Crippen LogP contribution in [0.3, 0.4) is 0 Å². The Labute approximate surface area is 194 Å². The third-order valence-corrected chi connectivity index (χ3v) is 6.56. The number of nitrogens with one attached hydrogen (secondary N) is 1. The van der Waals surface area contributed by atoms with Crippen molar-refractivity contribution in [2.24, 2.45) is 0 Å². The Morgan fingerprint density at radius 3 is 2.18 bits per heavy atom. The summed E-state index contributed by atoms with van der Waals surface area (Å²) in [6.45, 7) is 1.87. The number of ether oxygens (including phenoxy) is 2. The highest BCUT2D eigenvalue weighted by atomic mass is 16.5. The van der Waals surface area contributed by atoms with Crippen molar-refractivity contribution in [3.63, 3.8) is 0 Å². The molecule has 4 rings (SSSR count). The molecule has 0 fully saturated rings. The molecule has 1 aliphatic carbocycles. The first-order valence-corrected chi connectivity index (χ1v) is 11.1. The predicted octanol–water partition coefficient (Wildman–Crippen LogP) is 4.30. The second-order valence-electron chi connectivity index (χ2n) is 8.77. The van der Waals surface area contributed by atoms with Gasteiger partial charge in [0.25, 0.3) is 0 Å². The van der Waals surface area contributed by atoms with E-state index in [1.807, 2.05) is 74.4 Å². The van der Waals surface area contributed by atoms with E-state index in [-0.39, 0.29) is 11.7 Å². The maximum absolute atomic E-state index is 13.6. The van der Waals surface area contributed by atoms with E-state index in [0.29, 0.717) is 24.0 Å². The molecular weight excluding hydrogens is 416 g/mol. The number of carbonyl (C=O) groups is 2. The summed E-state index contributed by atoms with van der Waals surface area (Å²) < 4.78 is 10.4. The predicted molar refractivity (Wildman–Crippen MR) is 128 cm³/mol. The zero-order valence-corrected chi connectivity index (χ0v) is 19.8. The van der Waals surface area contributed by atoms with Crippen molar-refractivity contribution in [3.05, 3.63) is 82.2 Å². The molecule has 172 valence electrons. The average molecular weight is 447 g/mol. The first-order chi connectivity index (χ1) is 15.8. The minimum Gasteiger partial charge on any atom is -0.497 e. The maximum Gasteiger partial charge on any atom is 0.336 e. The molecule has 0 saturated carbocycles. The van der Waals surface area contributed by atoms with Gasteiger partial charge in [0.1, 0.15) is 5.75 Å². The van der Waals surface area contributed by atoms with Gasteiger partial charge in [-0.05, 0) is 54.7 Å². The molecule has 0 radical (unpaired) electrons. The van der Waals surface area contributed by atoms with Gasteiger partial charge in [-0.1, -0.05) is 24.3 Å². The van der Waals surface area contributed by atoms with Crippen LogP contribution >= 0.6 is 0 Å². The van der Waals surface area contributed by atoms with Gasteiger partial charge in [-0.15, -0.1) is 0 Å². The first-order valence-electron chi connectivity index (χ1n) is 11.1. The number of rotatable bonds is 5. The lowest BCUT2D eigenvalue weighted by Gasteiger charge is -2.36. The summed E-state index contributed by atoms with van der Waals surface area (Å²) >= 11 is 0. The molecule has 0 saturated heterocycles. The van der Waals surface area contributed by atoms with Crippen molar-refractivity contribution in [2.75, 3.05) is 33.2 Å². The molecule has 0 aromatic heterocycles. The van der Waals surface area contributed by atoms with E-state index in [1.165, 1.54) is 7.11 Å². The number of ketones is 1. The minimum absolute atomic E-state index is 0.0557. The Hall–Kier alpha value is -3.54. The zero-order chi connectivity index (χ0) is 23.7. The standard InChI is InChI=1S/C27H30N2O4/c1-16-24(27(31)33-5)25(18-6-10-20(11-7-18)29(2)3)26-22(28-16)14-19(15-23(26)30)17-8-12-21(32-4)13-9-17/h6-13,19,25,28H,14-15H2,1-5H3/t19-,25+/m0/s1. The fraction of sp³-hybridized carbons (Fsp3) is 0.333. The lowest BCUT2D eigenvalue weighted by atomic mass is 9.71. The Bertz CT molecular complexity index is 1130. The van der Waals surface area contributed by atoms with Crippen LogP contribution in [0.1, 0.15) is 42.7 Å².